The van der Waals surface area contributed by atoms with Crippen molar-refractivity contribution in [3.8, 4) is 0 Å². The summed E-state index contributed by atoms with van der Waals surface area (Å²) in [6.45, 7) is 2.29. The Morgan fingerprint density at radius 1 is 1.04 bits per heavy atom. The van der Waals surface area contributed by atoms with Gasteiger partial charge in [-0.25, -0.2) is 4.39 Å². The highest BCUT2D eigenvalue weighted by molar-refractivity contribution is 6.05. The van der Waals surface area contributed by atoms with E-state index < -0.39 is 11.7 Å². The maximum absolute atomic E-state index is 13.2. The molecule has 3 amide bonds. The van der Waals surface area contributed by atoms with Gasteiger partial charge in [0.15, 0.2) is 0 Å². The molecule has 0 heterocycles. The van der Waals surface area contributed by atoms with Crippen LogP contribution in [0.1, 0.15) is 30.1 Å². The predicted molar refractivity (Wildman–Crippen MR) is 104 cm³/mol. The zero-order valence-corrected chi connectivity index (χ0v) is 15.5. The first kappa shape index (κ1) is 19.5. The molecule has 0 aromatic heterocycles. The first-order valence-corrected chi connectivity index (χ1v) is 9.17. The second-order valence-corrected chi connectivity index (χ2v) is 6.95. The van der Waals surface area contributed by atoms with E-state index >= 15 is 0 Å². The number of nitrogens with one attached hydrogen (secondary N) is 3. The first-order valence-electron chi connectivity index (χ1n) is 9.17. The SMILES string of the molecule is CC1CC1C(=O)NCCC(=O)Nc1cccc(C(=O)Nc2cccc(F)c2)c1. The zero-order valence-electron chi connectivity index (χ0n) is 15.5. The van der Waals surface area contributed by atoms with Crippen molar-refractivity contribution in [1.29, 1.82) is 0 Å². The molecular weight excluding hydrogens is 361 g/mol. The molecule has 0 radical (unpaired) electrons. The summed E-state index contributed by atoms with van der Waals surface area (Å²) in [5.74, 6) is -0.607. The number of hydrogen-bond acceptors (Lipinski definition) is 3. The fourth-order valence-electron chi connectivity index (χ4n) is 2.85. The van der Waals surface area contributed by atoms with Gasteiger partial charge in [-0.15, -0.1) is 0 Å². The third kappa shape index (κ3) is 5.39. The van der Waals surface area contributed by atoms with Crippen LogP contribution in [-0.4, -0.2) is 24.3 Å². The number of rotatable bonds is 7. The molecule has 28 heavy (non-hydrogen) atoms. The van der Waals surface area contributed by atoms with Crippen LogP contribution < -0.4 is 16.0 Å². The fourth-order valence-corrected chi connectivity index (χ4v) is 2.85. The molecule has 0 aliphatic heterocycles. The van der Waals surface area contributed by atoms with Gasteiger partial charge in [-0.1, -0.05) is 19.1 Å². The largest absolute Gasteiger partial charge is 0.355 e. The molecule has 0 spiro atoms. The Kier molecular flexibility index (Phi) is 6.03. The minimum absolute atomic E-state index is 0.00341. The van der Waals surface area contributed by atoms with Gasteiger partial charge >= 0.3 is 0 Å². The number of hydrogen-bond donors (Lipinski definition) is 3. The molecule has 146 valence electrons. The lowest BCUT2D eigenvalue weighted by Crippen LogP contribution is -2.29. The molecule has 1 saturated carbocycles. The molecule has 6 nitrogen and oxygen atoms in total. The highest BCUT2D eigenvalue weighted by Crippen LogP contribution is 2.37. The van der Waals surface area contributed by atoms with E-state index in [0.717, 1.165) is 6.42 Å². The summed E-state index contributed by atoms with van der Waals surface area (Å²) in [6, 6.07) is 12.1. The van der Waals surface area contributed by atoms with E-state index in [1.54, 1.807) is 24.3 Å². The van der Waals surface area contributed by atoms with Crippen LogP contribution in [0.25, 0.3) is 0 Å². The Balaban J connectivity index is 1.50. The molecule has 2 unspecified atom stereocenters. The van der Waals surface area contributed by atoms with Gasteiger partial charge in [0.2, 0.25) is 11.8 Å². The highest BCUT2D eigenvalue weighted by Gasteiger charge is 2.38. The van der Waals surface area contributed by atoms with E-state index in [2.05, 4.69) is 16.0 Å². The summed E-state index contributed by atoms with van der Waals surface area (Å²) in [4.78, 5) is 36.1. The van der Waals surface area contributed by atoms with Gasteiger partial charge in [-0.3, -0.25) is 14.4 Å². The fraction of sp³-hybridized carbons (Fsp3) is 0.286. The van der Waals surface area contributed by atoms with Gasteiger partial charge in [0.1, 0.15) is 5.82 Å². The Hall–Kier alpha value is -3.22. The second-order valence-electron chi connectivity index (χ2n) is 6.95. The van der Waals surface area contributed by atoms with Crippen LogP contribution in [0, 0.1) is 17.7 Å². The Morgan fingerprint density at radius 2 is 1.71 bits per heavy atom. The van der Waals surface area contributed by atoms with Gasteiger partial charge in [0.25, 0.3) is 5.91 Å². The number of benzene rings is 2. The zero-order chi connectivity index (χ0) is 20.1. The minimum Gasteiger partial charge on any atom is -0.355 e. The maximum Gasteiger partial charge on any atom is 0.255 e. The van der Waals surface area contributed by atoms with Crippen molar-refractivity contribution in [2.45, 2.75) is 19.8 Å². The highest BCUT2D eigenvalue weighted by atomic mass is 19.1. The van der Waals surface area contributed by atoms with Gasteiger partial charge in [0, 0.05) is 35.8 Å². The van der Waals surface area contributed by atoms with Crippen molar-refractivity contribution in [1.82, 2.24) is 5.32 Å². The maximum atomic E-state index is 13.2. The Labute approximate surface area is 162 Å². The van der Waals surface area contributed by atoms with Crippen molar-refractivity contribution >= 4 is 29.1 Å². The Bertz CT molecular complexity index is 900. The van der Waals surface area contributed by atoms with E-state index in [0.29, 0.717) is 22.9 Å². The van der Waals surface area contributed by atoms with Crippen molar-refractivity contribution in [2.24, 2.45) is 11.8 Å². The van der Waals surface area contributed by atoms with Crippen molar-refractivity contribution in [3.05, 3.63) is 59.9 Å². The lowest BCUT2D eigenvalue weighted by Gasteiger charge is -2.09. The minimum atomic E-state index is -0.443. The molecule has 2 aromatic carbocycles. The van der Waals surface area contributed by atoms with Crippen molar-refractivity contribution < 1.29 is 18.8 Å². The summed E-state index contributed by atoms with van der Waals surface area (Å²) in [5.41, 5.74) is 1.15. The number of amides is 3. The molecule has 7 heteroatoms. The van der Waals surface area contributed by atoms with Crippen LogP contribution in [0.2, 0.25) is 0 Å². The molecule has 0 saturated heterocycles. The molecule has 1 aliphatic carbocycles. The Morgan fingerprint density at radius 3 is 2.39 bits per heavy atom. The molecule has 1 aliphatic rings. The van der Waals surface area contributed by atoms with Crippen LogP contribution in [0.4, 0.5) is 15.8 Å². The van der Waals surface area contributed by atoms with Gasteiger partial charge in [-0.2, -0.15) is 0 Å². The van der Waals surface area contributed by atoms with E-state index in [4.69, 9.17) is 0 Å². The molecule has 1 fully saturated rings. The summed E-state index contributed by atoms with van der Waals surface area (Å²) in [5, 5.41) is 8.07. The average molecular weight is 383 g/mol. The van der Waals surface area contributed by atoms with Crippen LogP contribution in [0.3, 0.4) is 0 Å². The monoisotopic (exact) mass is 383 g/mol. The van der Waals surface area contributed by atoms with Gasteiger partial charge in [-0.05, 0) is 48.7 Å². The van der Waals surface area contributed by atoms with Crippen LogP contribution in [0.5, 0.6) is 0 Å². The predicted octanol–water partition coefficient (Wildman–Crippen LogP) is 3.18. The number of carbonyl (C=O) groups excluding carboxylic acids is 3. The summed E-state index contributed by atoms with van der Waals surface area (Å²) in [6.07, 6.45) is 1.05. The number of halogens is 1. The van der Waals surface area contributed by atoms with E-state index in [1.165, 1.54) is 24.3 Å². The molecule has 3 N–H and O–H groups in total. The standard InChI is InChI=1S/C21H22FN3O3/c1-13-10-18(13)21(28)23-9-8-19(26)24-16-6-2-4-14(11-16)20(27)25-17-7-3-5-15(22)12-17/h2-7,11-13,18H,8-10H2,1H3,(H,23,28)(H,24,26)(H,25,27). The van der Waals surface area contributed by atoms with Crippen LogP contribution >= 0.6 is 0 Å². The average Bonchev–Trinajstić information content (AvgIpc) is 3.38. The molecule has 2 aromatic rings. The van der Waals surface area contributed by atoms with Gasteiger partial charge in [0.05, 0.1) is 0 Å². The lowest BCUT2D eigenvalue weighted by molar-refractivity contribution is -0.122. The van der Waals surface area contributed by atoms with Gasteiger partial charge < -0.3 is 16.0 Å². The first-order chi connectivity index (χ1) is 13.4. The summed E-state index contributed by atoms with van der Waals surface area (Å²) in [7, 11) is 0. The molecular formula is C21H22FN3O3. The molecule has 2 atom stereocenters. The molecule has 0 bridgehead atoms. The smallest absolute Gasteiger partial charge is 0.255 e. The second kappa shape index (κ2) is 8.65. The van der Waals surface area contributed by atoms with Crippen molar-refractivity contribution in [2.75, 3.05) is 17.2 Å². The third-order valence-corrected chi connectivity index (χ3v) is 4.59. The molecule has 3 rings (SSSR count). The van der Waals surface area contributed by atoms with E-state index in [1.807, 2.05) is 6.92 Å². The quantitative estimate of drug-likeness (QED) is 0.686. The summed E-state index contributed by atoms with van der Waals surface area (Å²) < 4.78 is 13.2. The topological polar surface area (TPSA) is 87.3 Å². The van der Waals surface area contributed by atoms with Crippen molar-refractivity contribution in [3.63, 3.8) is 0 Å². The van der Waals surface area contributed by atoms with E-state index in [9.17, 15) is 18.8 Å². The van der Waals surface area contributed by atoms with E-state index in [-0.39, 0.29) is 30.7 Å². The number of carbonyl (C=O) groups is 3. The lowest BCUT2D eigenvalue weighted by atomic mass is 10.1. The van der Waals surface area contributed by atoms with Crippen LogP contribution in [0.15, 0.2) is 48.5 Å². The van der Waals surface area contributed by atoms with Crippen LogP contribution in [-0.2, 0) is 9.59 Å². The third-order valence-electron chi connectivity index (χ3n) is 4.59. The summed E-state index contributed by atoms with van der Waals surface area (Å²) >= 11 is 0. The normalized spacial score (nSPS) is 17.5. The number of anilines is 2.